The molecule has 0 saturated carbocycles. The minimum Gasteiger partial charge on any atom is -0.369 e. The molecular formula is C16H20ClN3. The molecule has 0 amide bonds. The fourth-order valence-corrected chi connectivity index (χ4v) is 2.27. The van der Waals surface area contributed by atoms with Gasteiger partial charge in [0.2, 0.25) is 0 Å². The van der Waals surface area contributed by atoms with Gasteiger partial charge in [0.1, 0.15) is 0 Å². The number of pyridine rings is 1. The summed E-state index contributed by atoms with van der Waals surface area (Å²) < 4.78 is 0. The number of hydrogen-bond donors (Lipinski definition) is 1. The van der Waals surface area contributed by atoms with Gasteiger partial charge in [0.25, 0.3) is 0 Å². The van der Waals surface area contributed by atoms with E-state index in [2.05, 4.69) is 28.9 Å². The largest absolute Gasteiger partial charge is 0.369 e. The fourth-order valence-electron chi connectivity index (χ4n) is 2.05. The van der Waals surface area contributed by atoms with Crippen LogP contribution in [0.15, 0.2) is 42.6 Å². The second kappa shape index (κ2) is 6.73. The summed E-state index contributed by atoms with van der Waals surface area (Å²) in [5.74, 6) is 0. The highest BCUT2D eigenvalue weighted by Crippen LogP contribution is 2.19. The Balaban J connectivity index is 2.07. The van der Waals surface area contributed by atoms with E-state index < -0.39 is 0 Å². The summed E-state index contributed by atoms with van der Waals surface area (Å²) in [6, 6.07) is 12.0. The van der Waals surface area contributed by atoms with Crippen molar-refractivity contribution >= 4 is 17.3 Å². The third-order valence-corrected chi connectivity index (χ3v) is 3.58. The van der Waals surface area contributed by atoms with Gasteiger partial charge in [-0.05, 0) is 36.2 Å². The standard InChI is InChI=1S/C16H20ClN3/c1-3-15(18)16-8-7-14(10-19-16)20(2)11-12-5-4-6-13(17)9-12/h4-10,15H,3,11,18H2,1-2H3. The number of rotatable bonds is 5. The van der Waals surface area contributed by atoms with E-state index >= 15 is 0 Å². The van der Waals surface area contributed by atoms with Crippen molar-refractivity contribution in [3.8, 4) is 0 Å². The van der Waals surface area contributed by atoms with E-state index in [0.717, 1.165) is 29.4 Å². The number of anilines is 1. The van der Waals surface area contributed by atoms with Gasteiger partial charge < -0.3 is 10.6 Å². The third-order valence-electron chi connectivity index (χ3n) is 3.34. The summed E-state index contributed by atoms with van der Waals surface area (Å²) in [4.78, 5) is 6.58. The van der Waals surface area contributed by atoms with Crippen LogP contribution in [0, 0.1) is 0 Å². The lowest BCUT2D eigenvalue weighted by atomic mass is 10.1. The molecule has 4 heteroatoms. The van der Waals surface area contributed by atoms with Crippen LogP contribution >= 0.6 is 11.6 Å². The van der Waals surface area contributed by atoms with E-state index in [1.165, 1.54) is 5.56 Å². The first-order valence-corrected chi connectivity index (χ1v) is 7.15. The van der Waals surface area contributed by atoms with Crippen LogP contribution in [0.1, 0.15) is 30.6 Å². The molecule has 2 N–H and O–H groups in total. The van der Waals surface area contributed by atoms with Gasteiger partial charge in [0, 0.05) is 24.7 Å². The predicted octanol–water partition coefficient (Wildman–Crippen LogP) is 3.78. The Kier molecular flexibility index (Phi) is 4.99. The third kappa shape index (κ3) is 3.71. The Morgan fingerprint density at radius 3 is 2.70 bits per heavy atom. The summed E-state index contributed by atoms with van der Waals surface area (Å²) in [6.07, 6.45) is 2.76. The van der Waals surface area contributed by atoms with Crippen molar-refractivity contribution in [3.05, 3.63) is 58.9 Å². The topological polar surface area (TPSA) is 42.1 Å². The van der Waals surface area contributed by atoms with E-state index in [-0.39, 0.29) is 6.04 Å². The maximum Gasteiger partial charge on any atom is 0.0572 e. The molecule has 1 aromatic carbocycles. The van der Waals surface area contributed by atoms with E-state index in [1.54, 1.807) is 0 Å². The molecule has 20 heavy (non-hydrogen) atoms. The van der Waals surface area contributed by atoms with Gasteiger partial charge in [0.05, 0.1) is 17.6 Å². The molecule has 106 valence electrons. The maximum absolute atomic E-state index is 6.00. The zero-order valence-electron chi connectivity index (χ0n) is 11.9. The van der Waals surface area contributed by atoms with Crippen LogP contribution in [-0.4, -0.2) is 12.0 Å². The van der Waals surface area contributed by atoms with Crippen molar-refractivity contribution in [2.75, 3.05) is 11.9 Å². The van der Waals surface area contributed by atoms with Crippen LogP contribution in [0.2, 0.25) is 5.02 Å². The Bertz CT molecular complexity index is 554. The van der Waals surface area contributed by atoms with Crippen LogP contribution < -0.4 is 10.6 Å². The Hall–Kier alpha value is -1.58. The Morgan fingerprint density at radius 2 is 2.10 bits per heavy atom. The number of nitrogens with two attached hydrogens (primary N) is 1. The molecular weight excluding hydrogens is 270 g/mol. The molecule has 0 saturated heterocycles. The van der Waals surface area contributed by atoms with Gasteiger partial charge >= 0.3 is 0 Å². The first-order chi connectivity index (χ1) is 9.60. The van der Waals surface area contributed by atoms with Crippen LogP contribution in [0.4, 0.5) is 5.69 Å². The fraction of sp³-hybridized carbons (Fsp3) is 0.312. The van der Waals surface area contributed by atoms with Crippen molar-refractivity contribution in [2.45, 2.75) is 25.9 Å². The average molecular weight is 290 g/mol. The highest BCUT2D eigenvalue weighted by Gasteiger charge is 2.07. The molecule has 2 rings (SSSR count). The molecule has 0 aliphatic carbocycles. The van der Waals surface area contributed by atoms with Crippen molar-refractivity contribution in [1.82, 2.24) is 4.98 Å². The number of nitrogens with zero attached hydrogens (tertiary/aromatic N) is 2. The predicted molar refractivity (Wildman–Crippen MR) is 85.0 cm³/mol. The van der Waals surface area contributed by atoms with Crippen LogP contribution in [0.25, 0.3) is 0 Å². The van der Waals surface area contributed by atoms with Gasteiger partial charge in [0.15, 0.2) is 0 Å². The highest BCUT2D eigenvalue weighted by molar-refractivity contribution is 6.30. The smallest absolute Gasteiger partial charge is 0.0572 e. The first kappa shape index (κ1) is 14.8. The van der Waals surface area contributed by atoms with E-state index in [1.807, 2.05) is 37.5 Å². The van der Waals surface area contributed by atoms with Crippen molar-refractivity contribution in [2.24, 2.45) is 5.73 Å². The summed E-state index contributed by atoms with van der Waals surface area (Å²) in [5, 5.41) is 0.762. The van der Waals surface area contributed by atoms with Crippen molar-refractivity contribution in [1.29, 1.82) is 0 Å². The number of halogens is 1. The van der Waals surface area contributed by atoms with E-state index in [9.17, 15) is 0 Å². The average Bonchev–Trinajstić information content (AvgIpc) is 2.46. The Morgan fingerprint density at radius 1 is 1.30 bits per heavy atom. The number of benzene rings is 1. The lowest BCUT2D eigenvalue weighted by Crippen LogP contribution is -2.17. The van der Waals surface area contributed by atoms with Gasteiger partial charge in [-0.2, -0.15) is 0 Å². The minimum atomic E-state index is 0.0160. The Labute approximate surface area is 125 Å². The molecule has 0 bridgehead atoms. The minimum absolute atomic E-state index is 0.0160. The highest BCUT2D eigenvalue weighted by atomic mass is 35.5. The van der Waals surface area contributed by atoms with Crippen LogP contribution in [0.3, 0.4) is 0 Å². The molecule has 0 aliphatic rings. The SMILES string of the molecule is CCC(N)c1ccc(N(C)Cc2cccc(Cl)c2)cn1. The zero-order valence-corrected chi connectivity index (χ0v) is 12.6. The molecule has 2 aromatic rings. The molecule has 1 aromatic heterocycles. The van der Waals surface area contributed by atoms with Gasteiger partial charge in [-0.15, -0.1) is 0 Å². The quantitative estimate of drug-likeness (QED) is 0.911. The number of aromatic nitrogens is 1. The summed E-state index contributed by atoms with van der Waals surface area (Å²) in [5.41, 5.74) is 9.15. The number of hydrogen-bond acceptors (Lipinski definition) is 3. The molecule has 0 aliphatic heterocycles. The van der Waals surface area contributed by atoms with Crippen LogP contribution in [0.5, 0.6) is 0 Å². The lowest BCUT2D eigenvalue weighted by Gasteiger charge is -2.20. The molecule has 1 atom stereocenters. The van der Waals surface area contributed by atoms with Crippen molar-refractivity contribution in [3.63, 3.8) is 0 Å². The van der Waals surface area contributed by atoms with Crippen LogP contribution in [-0.2, 0) is 6.54 Å². The van der Waals surface area contributed by atoms with Gasteiger partial charge in [-0.1, -0.05) is 30.7 Å². The van der Waals surface area contributed by atoms with Crippen molar-refractivity contribution < 1.29 is 0 Å². The molecule has 1 heterocycles. The molecule has 0 radical (unpaired) electrons. The van der Waals surface area contributed by atoms with E-state index in [0.29, 0.717) is 0 Å². The summed E-state index contributed by atoms with van der Waals surface area (Å²) in [7, 11) is 2.04. The zero-order chi connectivity index (χ0) is 14.5. The summed E-state index contributed by atoms with van der Waals surface area (Å²) in [6.45, 7) is 2.85. The second-order valence-electron chi connectivity index (χ2n) is 4.94. The first-order valence-electron chi connectivity index (χ1n) is 6.77. The second-order valence-corrected chi connectivity index (χ2v) is 5.38. The molecule has 1 unspecified atom stereocenters. The summed E-state index contributed by atoms with van der Waals surface area (Å²) >= 11 is 6.00. The van der Waals surface area contributed by atoms with E-state index in [4.69, 9.17) is 17.3 Å². The monoisotopic (exact) mass is 289 g/mol. The molecule has 0 spiro atoms. The van der Waals surface area contributed by atoms with Gasteiger partial charge in [-0.3, -0.25) is 4.98 Å². The molecule has 0 fully saturated rings. The normalized spacial score (nSPS) is 12.2. The lowest BCUT2D eigenvalue weighted by molar-refractivity contribution is 0.675. The van der Waals surface area contributed by atoms with Gasteiger partial charge in [-0.25, -0.2) is 0 Å². The maximum atomic E-state index is 6.00. The molecule has 3 nitrogen and oxygen atoms in total.